The molecule has 0 spiro atoms. The van der Waals surface area contributed by atoms with Crippen molar-refractivity contribution in [2.24, 2.45) is 0 Å². The van der Waals surface area contributed by atoms with Crippen molar-refractivity contribution in [1.29, 1.82) is 5.26 Å². The maximum absolute atomic E-state index is 12.3. The molecule has 2 amide bonds. The van der Waals surface area contributed by atoms with Crippen LogP contribution in [0, 0.1) is 11.3 Å². The van der Waals surface area contributed by atoms with E-state index in [0.29, 0.717) is 17.2 Å². The van der Waals surface area contributed by atoms with E-state index in [2.05, 4.69) is 21.4 Å². The first-order valence-electron chi connectivity index (χ1n) is 7.53. The molecule has 0 saturated carbocycles. The van der Waals surface area contributed by atoms with Crippen molar-refractivity contribution in [3.63, 3.8) is 0 Å². The largest absolute Gasteiger partial charge is 0.323 e. The Kier molecular flexibility index (Phi) is 5.02. The number of aromatic nitrogens is 2. The van der Waals surface area contributed by atoms with E-state index in [0.717, 1.165) is 16.8 Å². The van der Waals surface area contributed by atoms with E-state index < -0.39 is 0 Å². The Morgan fingerprint density at radius 1 is 1.32 bits per heavy atom. The van der Waals surface area contributed by atoms with Crippen LogP contribution in [0.5, 0.6) is 0 Å². The highest BCUT2D eigenvalue weighted by atomic mass is 32.1. The molecule has 2 heterocycles. The number of urea groups is 1. The van der Waals surface area contributed by atoms with Crippen molar-refractivity contribution in [3.8, 4) is 17.3 Å². The predicted molar refractivity (Wildman–Crippen MR) is 97.0 cm³/mol. The zero-order valence-electron chi connectivity index (χ0n) is 13.5. The third kappa shape index (κ3) is 4.19. The third-order valence-electron chi connectivity index (χ3n) is 3.52. The van der Waals surface area contributed by atoms with Crippen molar-refractivity contribution in [2.45, 2.75) is 6.54 Å². The number of nitriles is 1. The smallest absolute Gasteiger partial charge is 0.323 e. The van der Waals surface area contributed by atoms with Crippen LogP contribution in [0.15, 0.2) is 54.2 Å². The highest BCUT2D eigenvalue weighted by Gasteiger charge is 2.12. The molecule has 0 atom stereocenters. The van der Waals surface area contributed by atoms with Crippen LogP contribution >= 0.6 is 11.3 Å². The van der Waals surface area contributed by atoms with Crippen LogP contribution in [0.3, 0.4) is 0 Å². The summed E-state index contributed by atoms with van der Waals surface area (Å²) in [6.07, 6.45) is 3.44. The summed E-state index contributed by atoms with van der Waals surface area (Å²) in [7, 11) is 1.71. The quantitative estimate of drug-likeness (QED) is 0.778. The number of pyridine rings is 1. The Morgan fingerprint density at radius 2 is 2.12 bits per heavy atom. The molecule has 7 heteroatoms. The van der Waals surface area contributed by atoms with Gasteiger partial charge in [0.05, 0.1) is 17.3 Å². The molecule has 0 unspecified atom stereocenters. The fraction of sp³-hybridized carbons (Fsp3) is 0.111. The van der Waals surface area contributed by atoms with Crippen LogP contribution in [-0.4, -0.2) is 27.9 Å². The summed E-state index contributed by atoms with van der Waals surface area (Å²) >= 11 is 1.37. The van der Waals surface area contributed by atoms with Gasteiger partial charge in [0.2, 0.25) is 0 Å². The summed E-state index contributed by atoms with van der Waals surface area (Å²) in [5, 5.41) is 14.0. The first kappa shape index (κ1) is 16.6. The lowest BCUT2D eigenvalue weighted by Crippen LogP contribution is -2.30. The number of carbonyl (C=O) groups excluding carboxylic acids is 1. The average Bonchev–Trinajstić information content (AvgIpc) is 3.11. The van der Waals surface area contributed by atoms with Gasteiger partial charge in [-0.1, -0.05) is 12.1 Å². The number of carbonyl (C=O) groups is 1. The summed E-state index contributed by atoms with van der Waals surface area (Å²) in [5.74, 6) is 0. The zero-order valence-corrected chi connectivity index (χ0v) is 14.3. The van der Waals surface area contributed by atoms with E-state index >= 15 is 0 Å². The SMILES string of the molecule is CN(Cc1ccc(C#N)cc1)C(=O)Nc1nc(-c2cccnc2)cs1. The number of thiazole rings is 1. The van der Waals surface area contributed by atoms with Gasteiger partial charge in [0.1, 0.15) is 0 Å². The Hall–Kier alpha value is -3.24. The van der Waals surface area contributed by atoms with Crippen LogP contribution in [-0.2, 0) is 6.54 Å². The first-order chi connectivity index (χ1) is 12.2. The minimum Gasteiger partial charge on any atom is -0.323 e. The Morgan fingerprint density at radius 3 is 2.80 bits per heavy atom. The average molecular weight is 349 g/mol. The molecular weight excluding hydrogens is 334 g/mol. The Bertz CT molecular complexity index is 899. The molecule has 0 aliphatic carbocycles. The van der Waals surface area contributed by atoms with Gasteiger partial charge in [0.15, 0.2) is 5.13 Å². The summed E-state index contributed by atoms with van der Waals surface area (Å²) < 4.78 is 0. The highest BCUT2D eigenvalue weighted by Crippen LogP contribution is 2.24. The van der Waals surface area contributed by atoms with E-state index in [4.69, 9.17) is 5.26 Å². The minimum absolute atomic E-state index is 0.239. The molecule has 1 aromatic carbocycles. The van der Waals surface area contributed by atoms with Crippen LogP contribution < -0.4 is 5.32 Å². The highest BCUT2D eigenvalue weighted by molar-refractivity contribution is 7.14. The number of nitrogens with zero attached hydrogens (tertiary/aromatic N) is 4. The second-order valence-corrected chi connectivity index (χ2v) is 6.23. The lowest BCUT2D eigenvalue weighted by atomic mass is 10.1. The molecular formula is C18H15N5OS. The second kappa shape index (κ2) is 7.55. The van der Waals surface area contributed by atoms with Gasteiger partial charge in [0, 0.05) is 36.9 Å². The molecule has 0 aliphatic rings. The van der Waals surface area contributed by atoms with Crippen molar-refractivity contribution >= 4 is 22.5 Å². The van der Waals surface area contributed by atoms with Gasteiger partial charge in [0.25, 0.3) is 0 Å². The van der Waals surface area contributed by atoms with E-state index in [1.54, 1.807) is 36.5 Å². The Balaban J connectivity index is 1.61. The molecule has 3 rings (SSSR count). The number of nitrogens with one attached hydrogen (secondary N) is 1. The number of anilines is 1. The van der Waals surface area contributed by atoms with Crippen LogP contribution in [0.4, 0.5) is 9.93 Å². The molecule has 0 bridgehead atoms. The van der Waals surface area contributed by atoms with Gasteiger partial charge in [-0.2, -0.15) is 5.26 Å². The van der Waals surface area contributed by atoms with E-state index in [-0.39, 0.29) is 6.03 Å². The summed E-state index contributed by atoms with van der Waals surface area (Å²) in [5.41, 5.74) is 3.24. The summed E-state index contributed by atoms with van der Waals surface area (Å²) in [6, 6.07) is 12.8. The second-order valence-electron chi connectivity index (χ2n) is 5.37. The molecule has 0 radical (unpaired) electrons. The van der Waals surface area contributed by atoms with Crippen molar-refractivity contribution in [1.82, 2.24) is 14.9 Å². The Labute approximate surface area is 149 Å². The topological polar surface area (TPSA) is 81.9 Å². The van der Waals surface area contributed by atoms with Gasteiger partial charge in [-0.15, -0.1) is 11.3 Å². The normalized spacial score (nSPS) is 10.1. The van der Waals surface area contributed by atoms with Gasteiger partial charge < -0.3 is 4.90 Å². The number of rotatable bonds is 4. The molecule has 1 N–H and O–H groups in total. The summed E-state index contributed by atoms with van der Waals surface area (Å²) in [4.78, 5) is 22.3. The van der Waals surface area contributed by atoms with E-state index in [9.17, 15) is 4.79 Å². The molecule has 0 aliphatic heterocycles. The van der Waals surface area contributed by atoms with Crippen molar-refractivity contribution < 1.29 is 4.79 Å². The maximum atomic E-state index is 12.3. The van der Waals surface area contributed by atoms with Crippen LogP contribution in [0.2, 0.25) is 0 Å². The number of benzene rings is 1. The van der Waals surface area contributed by atoms with Gasteiger partial charge in [-0.3, -0.25) is 10.3 Å². The van der Waals surface area contributed by atoms with E-state index in [1.807, 2.05) is 29.6 Å². The van der Waals surface area contributed by atoms with Crippen LogP contribution in [0.25, 0.3) is 11.3 Å². The predicted octanol–water partition coefficient (Wildman–Crippen LogP) is 3.74. The van der Waals surface area contributed by atoms with Crippen molar-refractivity contribution in [3.05, 3.63) is 65.3 Å². The maximum Gasteiger partial charge on any atom is 0.323 e. The molecule has 6 nitrogen and oxygen atoms in total. The molecule has 124 valence electrons. The fourth-order valence-electron chi connectivity index (χ4n) is 2.20. The fourth-order valence-corrected chi connectivity index (χ4v) is 2.90. The van der Waals surface area contributed by atoms with Gasteiger partial charge in [-0.05, 0) is 29.8 Å². The summed E-state index contributed by atoms with van der Waals surface area (Å²) in [6.45, 7) is 0.443. The zero-order chi connectivity index (χ0) is 17.6. The van der Waals surface area contributed by atoms with Crippen LogP contribution in [0.1, 0.15) is 11.1 Å². The number of amides is 2. The van der Waals surface area contributed by atoms with Gasteiger partial charge in [-0.25, -0.2) is 9.78 Å². The lowest BCUT2D eigenvalue weighted by Gasteiger charge is -2.17. The number of hydrogen-bond acceptors (Lipinski definition) is 5. The molecule has 25 heavy (non-hydrogen) atoms. The molecule has 0 fully saturated rings. The number of hydrogen-bond donors (Lipinski definition) is 1. The lowest BCUT2D eigenvalue weighted by molar-refractivity contribution is 0.220. The minimum atomic E-state index is -0.239. The molecule has 0 saturated heterocycles. The standard InChI is InChI=1S/C18H15N5OS/c1-23(11-14-6-4-13(9-19)5-7-14)18(24)22-17-21-16(12-25-17)15-3-2-8-20-10-15/h2-8,10,12H,11H2,1H3,(H,21,22,24). The molecule has 3 aromatic rings. The van der Waals surface area contributed by atoms with E-state index in [1.165, 1.54) is 11.3 Å². The molecule has 2 aromatic heterocycles. The van der Waals surface area contributed by atoms with Crippen molar-refractivity contribution in [2.75, 3.05) is 12.4 Å². The first-order valence-corrected chi connectivity index (χ1v) is 8.41. The van der Waals surface area contributed by atoms with Gasteiger partial charge >= 0.3 is 6.03 Å². The third-order valence-corrected chi connectivity index (χ3v) is 4.28. The monoisotopic (exact) mass is 349 g/mol.